The second kappa shape index (κ2) is 2.96. The van der Waals surface area contributed by atoms with Crippen LogP contribution in [0.5, 0.6) is 0 Å². The van der Waals surface area contributed by atoms with Gasteiger partial charge in [0.05, 0.1) is 7.11 Å². The fourth-order valence-electron chi connectivity index (χ4n) is 0.560. The number of nitrogens with zero attached hydrogens (tertiary/aromatic N) is 2. The normalized spacial score (nSPS) is 8.90. The van der Waals surface area contributed by atoms with Crippen molar-refractivity contribution in [1.29, 1.82) is 0 Å². The third-order valence-electron chi connectivity index (χ3n) is 1.11. The van der Waals surface area contributed by atoms with Gasteiger partial charge in [-0.15, -0.1) is 0 Å². The third kappa shape index (κ3) is 1.31. The van der Waals surface area contributed by atoms with Gasteiger partial charge in [-0.25, -0.2) is 9.97 Å². The summed E-state index contributed by atoms with van der Waals surface area (Å²) in [5.41, 5.74) is 0.720. The minimum absolute atomic E-state index is 0.558. The van der Waals surface area contributed by atoms with E-state index >= 15 is 0 Å². The number of hydrogen-bond donors (Lipinski definition) is 0. The van der Waals surface area contributed by atoms with E-state index in [1.165, 1.54) is 6.33 Å². The van der Waals surface area contributed by atoms with Crippen LogP contribution < -0.4 is 0 Å². The van der Waals surface area contributed by atoms with Crippen molar-refractivity contribution in [3.8, 4) is 0 Å². The standard InChI is InChI=1S/C7H8N2O/c1-6(10-2)7-3-4-8-5-9-7/h3-5H,1H2,2H3. The molecule has 52 valence electrons. The summed E-state index contributed by atoms with van der Waals surface area (Å²) in [4.78, 5) is 7.67. The Labute approximate surface area is 59.4 Å². The lowest BCUT2D eigenvalue weighted by Crippen LogP contribution is -1.89. The molecule has 0 aliphatic heterocycles. The van der Waals surface area contributed by atoms with Crippen molar-refractivity contribution in [3.05, 3.63) is 30.9 Å². The van der Waals surface area contributed by atoms with Crippen LogP contribution >= 0.6 is 0 Å². The molecule has 0 N–H and O–H groups in total. The van der Waals surface area contributed by atoms with Gasteiger partial charge in [0.25, 0.3) is 0 Å². The Balaban J connectivity index is 2.85. The predicted octanol–water partition coefficient (Wildman–Crippen LogP) is 1.09. The van der Waals surface area contributed by atoms with Crippen molar-refractivity contribution in [3.63, 3.8) is 0 Å². The average Bonchev–Trinajstić information content (AvgIpc) is 2.05. The van der Waals surface area contributed by atoms with E-state index in [0.29, 0.717) is 5.76 Å². The molecule has 0 bridgehead atoms. The minimum atomic E-state index is 0.558. The van der Waals surface area contributed by atoms with E-state index in [9.17, 15) is 0 Å². The first-order valence-corrected chi connectivity index (χ1v) is 2.84. The molecule has 0 saturated carbocycles. The van der Waals surface area contributed by atoms with E-state index in [-0.39, 0.29) is 0 Å². The molecular weight excluding hydrogens is 128 g/mol. The van der Waals surface area contributed by atoms with Crippen LogP contribution in [-0.2, 0) is 4.74 Å². The molecule has 3 nitrogen and oxygen atoms in total. The Hall–Kier alpha value is -1.38. The zero-order chi connectivity index (χ0) is 7.40. The molecule has 0 aromatic carbocycles. The largest absolute Gasteiger partial charge is 0.495 e. The van der Waals surface area contributed by atoms with Crippen molar-refractivity contribution in [2.45, 2.75) is 0 Å². The first kappa shape index (κ1) is 6.74. The van der Waals surface area contributed by atoms with Gasteiger partial charge in [0.2, 0.25) is 0 Å². The molecule has 1 rings (SSSR count). The Morgan fingerprint density at radius 2 is 2.50 bits per heavy atom. The third-order valence-corrected chi connectivity index (χ3v) is 1.11. The summed E-state index contributed by atoms with van der Waals surface area (Å²) in [5, 5.41) is 0. The SMILES string of the molecule is C=C(OC)c1ccncn1. The highest BCUT2D eigenvalue weighted by molar-refractivity contribution is 5.52. The maximum absolute atomic E-state index is 4.85. The number of methoxy groups -OCH3 is 1. The van der Waals surface area contributed by atoms with Crippen LogP contribution in [0.15, 0.2) is 25.2 Å². The van der Waals surface area contributed by atoms with Gasteiger partial charge in [-0.05, 0) is 6.07 Å². The van der Waals surface area contributed by atoms with Crippen LogP contribution in [-0.4, -0.2) is 17.1 Å². The molecule has 1 aromatic rings. The van der Waals surface area contributed by atoms with Gasteiger partial charge in [0.1, 0.15) is 17.8 Å². The summed E-state index contributed by atoms with van der Waals surface area (Å²) < 4.78 is 4.85. The Kier molecular flexibility index (Phi) is 1.99. The minimum Gasteiger partial charge on any atom is -0.495 e. The Morgan fingerprint density at radius 1 is 1.70 bits per heavy atom. The molecule has 0 aliphatic carbocycles. The van der Waals surface area contributed by atoms with Crippen molar-refractivity contribution in [2.75, 3.05) is 7.11 Å². The zero-order valence-corrected chi connectivity index (χ0v) is 5.74. The van der Waals surface area contributed by atoms with Gasteiger partial charge in [-0.3, -0.25) is 0 Å². The van der Waals surface area contributed by atoms with E-state index in [1.54, 1.807) is 19.4 Å². The summed E-state index contributed by atoms with van der Waals surface area (Å²) >= 11 is 0. The van der Waals surface area contributed by atoms with Crippen LogP contribution in [0, 0.1) is 0 Å². The summed E-state index contributed by atoms with van der Waals surface area (Å²) in [6.07, 6.45) is 3.10. The van der Waals surface area contributed by atoms with Crippen molar-refractivity contribution < 1.29 is 4.74 Å². The van der Waals surface area contributed by atoms with Crippen LogP contribution in [0.3, 0.4) is 0 Å². The number of rotatable bonds is 2. The maximum atomic E-state index is 4.85. The Bertz CT molecular complexity index is 220. The summed E-state index contributed by atoms with van der Waals surface area (Å²) in [5.74, 6) is 0.558. The summed E-state index contributed by atoms with van der Waals surface area (Å²) in [7, 11) is 1.56. The molecule has 0 unspecified atom stereocenters. The smallest absolute Gasteiger partial charge is 0.137 e. The molecular formula is C7H8N2O. The summed E-state index contributed by atoms with van der Waals surface area (Å²) in [6.45, 7) is 3.63. The van der Waals surface area contributed by atoms with Gasteiger partial charge in [0.15, 0.2) is 0 Å². The van der Waals surface area contributed by atoms with Crippen LogP contribution in [0.25, 0.3) is 5.76 Å². The van der Waals surface area contributed by atoms with Crippen LogP contribution in [0.4, 0.5) is 0 Å². The van der Waals surface area contributed by atoms with Crippen LogP contribution in [0.2, 0.25) is 0 Å². The second-order valence-corrected chi connectivity index (χ2v) is 1.72. The maximum Gasteiger partial charge on any atom is 0.137 e. The highest BCUT2D eigenvalue weighted by atomic mass is 16.5. The first-order chi connectivity index (χ1) is 4.84. The molecule has 3 heteroatoms. The van der Waals surface area contributed by atoms with E-state index < -0.39 is 0 Å². The molecule has 0 radical (unpaired) electrons. The number of hydrogen-bond acceptors (Lipinski definition) is 3. The average molecular weight is 136 g/mol. The zero-order valence-electron chi connectivity index (χ0n) is 5.74. The quantitative estimate of drug-likeness (QED) is 0.571. The molecule has 10 heavy (non-hydrogen) atoms. The van der Waals surface area contributed by atoms with Crippen molar-refractivity contribution >= 4 is 5.76 Å². The second-order valence-electron chi connectivity index (χ2n) is 1.72. The molecule has 0 atom stereocenters. The number of ether oxygens (including phenoxy) is 1. The first-order valence-electron chi connectivity index (χ1n) is 2.84. The monoisotopic (exact) mass is 136 g/mol. The van der Waals surface area contributed by atoms with Crippen LogP contribution in [0.1, 0.15) is 5.69 Å². The van der Waals surface area contributed by atoms with Gasteiger partial charge in [-0.1, -0.05) is 6.58 Å². The van der Waals surface area contributed by atoms with E-state index in [0.717, 1.165) is 5.69 Å². The predicted molar refractivity (Wildman–Crippen MR) is 38.1 cm³/mol. The Morgan fingerprint density at radius 3 is 3.00 bits per heavy atom. The highest BCUT2D eigenvalue weighted by Gasteiger charge is 1.95. The molecule has 0 fully saturated rings. The lowest BCUT2D eigenvalue weighted by molar-refractivity contribution is 0.369. The van der Waals surface area contributed by atoms with Gasteiger partial charge < -0.3 is 4.74 Å². The van der Waals surface area contributed by atoms with E-state index in [1.807, 2.05) is 0 Å². The van der Waals surface area contributed by atoms with Gasteiger partial charge in [0, 0.05) is 6.20 Å². The fraction of sp³-hybridized carbons (Fsp3) is 0.143. The van der Waals surface area contributed by atoms with Crippen molar-refractivity contribution in [1.82, 2.24) is 9.97 Å². The lowest BCUT2D eigenvalue weighted by Gasteiger charge is -1.99. The lowest BCUT2D eigenvalue weighted by atomic mass is 10.4. The fourth-order valence-corrected chi connectivity index (χ4v) is 0.560. The van der Waals surface area contributed by atoms with Crippen molar-refractivity contribution in [2.24, 2.45) is 0 Å². The molecule has 0 aliphatic rings. The summed E-state index contributed by atoms with van der Waals surface area (Å²) in [6, 6.07) is 1.74. The topological polar surface area (TPSA) is 35.0 Å². The van der Waals surface area contributed by atoms with E-state index in [2.05, 4.69) is 16.5 Å². The number of aromatic nitrogens is 2. The highest BCUT2D eigenvalue weighted by Crippen LogP contribution is 2.05. The van der Waals surface area contributed by atoms with Gasteiger partial charge >= 0.3 is 0 Å². The molecule has 0 spiro atoms. The van der Waals surface area contributed by atoms with E-state index in [4.69, 9.17) is 4.74 Å². The van der Waals surface area contributed by atoms with Gasteiger partial charge in [-0.2, -0.15) is 0 Å². The molecule has 0 saturated heterocycles. The molecule has 0 amide bonds. The molecule has 1 aromatic heterocycles. The molecule has 1 heterocycles.